The van der Waals surface area contributed by atoms with Gasteiger partial charge in [-0.05, 0) is 36.2 Å². The number of ether oxygens (including phenoxy) is 1. The summed E-state index contributed by atoms with van der Waals surface area (Å²) in [6, 6.07) is 8.61. The van der Waals surface area contributed by atoms with Crippen LogP contribution in [0.2, 0.25) is 0 Å². The molecule has 1 aromatic carbocycles. The Bertz CT molecular complexity index is 775. The molecular formula is C18H17F3N2O4. The van der Waals surface area contributed by atoms with E-state index in [9.17, 15) is 22.8 Å². The minimum Gasteiger partial charge on any atom is -0.494 e. The van der Waals surface area contributed by atoms with Crippen LogP contribution in [0.25, 0.3) is 0 Å². The number of aliphatic carboxylic acids is 1. The Morgan fingerprint density at radius 2 is 1.81 bits per heavy atom. The predicted molar refractivity (Wildman–Crippen MR) is 89.2 cm³/mol. The number of alkyl halides is 3. The molecule has 1 aromatic heterocycles. The van der Waals surface area contributed by atoms with Crippen LogP contribution in [0.4, 0.5) is 13.2 Å². The Labute approximate surface area is 153 Å². The third-order valence-electron chi connectivity index (χ3n) is 3.50. The van der Waals surface area contributed by atoms with Crippen molar-refractivity contribution < 1.29 is 32.6 Å². The van der Waals surface area contributed by atoms with Crippen LogP contribution < -0.4 is 10.1 Å². The molecule has 2 aromatic rings. The fraction of sp³-hybridized carbons (Fsp3) is 0.278. The number of carbonyl (C=O) groups excluding carboxylic acids is 1. The first-order valence-electron chi connectivity index (χ1n) is 8.00. The summed E-state index contributed by atoms with van der Waals surface area (Å²) in [6.45, 7) is 0.447. The van der Waals surface area contributed by atoms with Crippen molar-refractivity contribution in [2.24, 2.45) is 0 Å². The smallest absolute Gasteiger partial charge is 0.417 e. The van der Waals surface area contributed by atoms with Gasteiger partial charge in [0.2, 0.25) is 0 Å². The quantitative estimate of drug-likeness (QED) is 0.684. The van der Waals surface area contributed by atoms with E-state index >= 15 is 0 Å². The zero-order valence-corrected chi connectivity index (χ0v) is 14.1. The molecular weight excluding hydrogens is 365 g/mol. The molecule has 27 heavy (non-hydrogen) atoms. The molecule has 0 saturated heterocycles. The summed E-state index contributed by atoms with van der Waals surface area (Å²) >= 11 is 0. The van der Waals surface area contributed by atoms with Crippen molar-refractivity contribution in [1.29, 1.82) is 0 Å². The standard InChI is InChI=1S/C18H17F3N2O4/c19-18(20,21)13-5-8-15(22-11-13)17(26)23-10-12-3-6-14(7-4-12)27-9-1-2-16(24)25/h3-8,11H,1-2,9-10H2,(H,23,26)(H,24,25). The van der Waals surface area contributed by atoms with Crippen LogP contribution in [-0.2, 0) is 17.5 Å². The number of nitrogens with zero attached hydrogens (tertiary/aromatic N) is 1. The van der Waals surface area contributed by atoms with Crippen LogP contribution >= 0.6 is 0 Å². The maximum atomic E-state index is 12.5. The van der Waals surface area contributed by atoms with E-state index in [1.54, 1.807) is 24.3 Å². The lowest BCUT2D eigenvalue weighted by Gasteiger charge is -2.09. The fourth-order valence-corrected chi connectivity index (χ4v) is 2.09. The molecule has 0 fully saturated rings. The van der Waals surface area contributed by atoms with Gasteiger partial charge in [-0.15, -0.1) is 0 Å². The van der Waals surface area contributed by atoms with Gasteiger partial charge in [-0.3, -0.25) is 14.6 Å². The third-order valence-corrected chi connectivity index (χ3v) is 3.50. The Morgan fingerprint density at radius 1 is 1.11 bits per heavy atom. The van der Waals surface area contributed by atoms with Gasteiger partial charge in [0, 0.05) is 19.2 Å². The molecule has 0 spiro atoms. The average molecular weight is 382 g/mol. The third kappa shape index (κ3) is 6.61. The molecule has 1 amide bonds. The Hall–Kier alpha value is -3.10. The van der Waals surface area contributed by atoms with Gasteiger partial charge >= 0.3 is 12.1 Å². The van der Waals surface area contributed by atoms with Crippen molar-refractivity contribution in [3.8, 4) is 5.75 Å². The summed E-state index contributed by atoms with van der Waals surface area (Å²) in [5.74, 6) is -0.898. The number of hydrogen-bond donors (Lipinski definition) is 2. The molecule has 0 atom stereocenters. The average Bonchev–Trinajstić information content (AvgIpc) is 2.63. The molecule has 0 unspecified atom stereocenters. The first kappa shape index (κ1) is 20.2. The van der Waals surface area contributed by atoms with E-state index in [1.165, 1.54) is 0 Å². The van der Waals surface area contributed by atoms with Gasteiger partial charge in [0.15, 0.2) is 0 Å². The number of benzene rings is 1. The van der Waals surface area contributed by atoms with Gasteiger partial charge in [-0.2, -0.15) is 13.2 Å². The zero-order chi connectivity index (χ0) is 19.9. The lowest BCUT2D eigenvalue weighted by Crippen LogP contribution is -2.24. The first-order valence-corrected chi connectivity index (χ1v) is 8.00. The first-order chi connectivity index (χ1) is 12.8. The second-order valence-electron chi connectivity index (χ2n) is 5.60. The molecule has 0 bridgehead atoms. The number of rotatable bonds is 8. The maximum Gasteiger partial charge on any atom is 0.417 e. The van der Waals surface area contributed by atoms with Crippen LogP contribution in [0, 0.1) is 0 Å². The Kier molecular flexibility index (Phi) is 6.75. The summed E-state index contributed by atoms with van der Waals surface area (Å²) in [6.07, 6.45) is -3.46. The zero-order valence-electron chi connectivity index (χ0n) is 14.1. The van der Waals surface area contributed by atoms with Crippen LogP contribution in [0.1, 0.15) is 34.5 Å². The SMILES string of the molecule is O=C(O)CCCOc1ccc(CNC(=O)c2ccc(C(F)(F)F)cn2)cc1. The number of carbonyl (C=O) groups is 2. The van der Waals surface area contributed by atoms with Crippen LogP contribution in [-0.4, -0.2) is 28.6 Å². The molecule has 0 saturated carbocycles. The highest BCUT2D eigenvalue weighted by atomic mass is 19.4. The minimum atomic E-state index is -4.50. The number of nitrogens with one attached hydrogen (secondary N) is 1. The molecule has 2 rings (SSSR count). The topological polar surface area (TPSA) is 88.5 Å². The van der Waals surface area contributed by atoms with Gasteiger partial charge in [0.25, 0.3) is 5.91 Å². The summed E-state index contributed by atoms with van der Waals surface area (Å²) in [7, 11) is 0. The van der Waals surface area contributed by atoms with Crippen molar-refractivity contribution in [2.75, 3.05) is 6.61 Å². The van der Waals surface area contributed by atoms with Crippen molar-refractivity contribution in [3.05, 3.63) is 59.4 Å². The summed E-state index contributed by atoms with van der Waals surface area (Å²) in [5.41, 5.74) is -0.271. The van der Waals surface area contributed by atoms with Gasteiger partial charge in [0.05, 0.1) is 12.2 Å². The Balaban J connectivity index is 1.82. The van der Waals surface area contributed by atoms with Crippen LogP contribution in [0.15, 0.2) is 42.6 Å². The summed E-state index contributed by atoms with van der Waals surface area (Å²) in [4.78, 5) is 25.9. The largest absolute Gasteiger partial charge is 0.494 e. The maximum absolute atomic E-state index is 12.5. The van der Waals surface area contributed by atoms with Crippen molar-refractivity contribution >= 4 is 11.9 Å². The van der Waals surface area contributed by atoms with Gasteiger partial charge in [0.1, 0.15) is 11.4 Å². The summed E-state index contributed by atoms with van der Waals surface area (Å²) in [5, 5.41) is 11.1. The van der Waals surface area contributed by atoms with Gasteiger partial charge < -0.3 is 15.2 Å². The second-order valence-corrected chi connectivity index (χ2v) is 5.60. The molecule has 0 radical (unpaired) electrons. The molecule has 2 N–H and O–H groups in total. The minimum absolute atomic E-state index is 0.0299. The van der Waals surface area contributed by atoms with Crippen molar-refractivity contribution in [3.63, 3.8) is 0 Å². The van der Waals surface area contributed by atoms with Gasteiger partial charge in [-0.25, -0.2) is 0 Å². The molecule has 1 heterocycles. The van der Waals surface area contributed by atoms with E-state index < -0.39 is 23.6 Å². The predicted octanol–water partition coefficient (Wildman–Crippen LogP) is 3.27. The van der Waals surface area contributed by atoms with Crippen molar-refractivity contribution in [1.82, 2.24) is 10.3 Å². The van der Waals surface area contributed by atoms with E-state index in [-0.39, 0.29) is 25.3 Å². The summed E-state index contributed by atoms with van der Waals surface area (Å²) < 4.78 is 42.8. The lowest BCUT2D eigenvalue weighted by molar-refractivity contribution is -0.138. The van der Waals surface area contributed by atoms with E-state index in [2.05, 4.69) is 10.3 Å². The van der Waals surface area contributed by atoms with E-state index in [0.717, 1.165) is 17.7 Å². The number of carboxylic acid groups (broad SMARTS) is 1. The van der Waals surface area contributed by atoms with E-state index in [4.69, 9.17) is 9.84 Å². The molecule has 0 aliphatic carbocycles. The number of hydrogen-bond acceptors (Lipinski definition) is 4. The molecule has 6 nitrogen and oxygen atoms in total. The van der Waals surface area contributed by atoms with Crippen LogP contribution in [0.3, 0.4) is 0 Å². The number of carboxylic acids is 1. The highest BCUT2D eigenvalue weighted by Crippen LogP contribution is 2.28. The number of halogens is 3. The molecule has 9 heteroatoms. The Morgan fingerprint density at radius 3 is 2.37 bits per heavy atom. The second kappa shape index (κ2) is 9.02. The van der Waals surface area contributed by atoms with Crippen molar-refractivity contribution in [2.45, 2.75) is 25.6 Å². The fourth-order valence-electron chi connectivity index (χ4n) is 2.09. The monoisotopic (exact) mass is 382 g/mol. The van der Waals surface area contributed by atoms with Gasteiger partial charge in [-0.1, -0.05) is 12.1 Å². The molecule has 144 valence electrons. The van der Waals surface area contributed by atoms with Crippen LogP contribution in [0.5, 0.6) is 5.75 Å². The highest BCUT2D eigenvalue weighted by Gasteiger charge is 2.30. The van der Waals surface area contributed by atoms with E-state index in [0.29, 0.717) is 18.4 Å². The number of pyridine rings is 1. The molecule has 0 aliphatic rings. The number of aromatic nitrogens is 1. The molecule has 0 aliphatic heterocycles. The number of amides is 1. The normalized spacial score (nSPS) is 11.1. The highest BCUT2D eigenvalue weighted by molar-refractivity contribution is 5.92. The lowest BCUT2D eigenvalue weighted by atomic mass is 10.2. The van der Waals surface area contributed by atoms with E-state index in [1.807, 2.05) is 0 Å².